The number of hydrogen-bond donors (Lipinski definition) is 3. The van der Waals surface area contributed by atoms with Crippen LogP contribution in [-0.2, 0) is 0 Å². The van der Waals surface area contributed by atoms with E-state index in [1.54, 1.807) is 0 Å². The van der Waals surface area contributed by atoms with Gasteiger partial charge in [-0.3, -0.25) is 0 Å². The average Bonchev–Trinajstić information content (AvgIpc) is 2.26. The molecule has 0 saturated carbocycles. The van der Waals surface area contributed by atoms with Crippen LogP contribution >= 0.6 is 11.6 Å². The first-order chi connectivity index (χ1) is 7.85. The van der Waals surface area contributed by atoms with Crippen LogP contribution < -0.4 is 5.32 Å². The molecule has 94 valence electrons. The molecule has 1 heterocycles. The molecule has 5 nitrogen and oxygen atoms in total. The van der Waals surface area contributed by atoms with E-state index in [1.807, 2.05) is 0 Å². The zero-order chi connectivity index (χ0) is 13.1. The van der Waals surface area contributed by atoms with Crippen LogP contribution in [0, 0.1) is 0 Å². The lowest BCUT2D eigenvalue weighted by molar-refractivity contribution is -0.0373. The number of carboxylic acid groups (broad SMARTS) is 1. The molecule has 1 rings (SSSR count). The van der Waals surface area contributed by atoms with Crippen LogP contribution in [0.1, 0.15) is 10.4 Å². The number of pyridine rings is 1. The first-order valence-corrected chi connectivity index (χ1v) is 4.86. The van der Waals surface area contributed by atoms with Crippen molar-refractivity contribution in [2.45, 2.75) is 5.92 Å². The standard InChI is InChI=1S/C9H9ClF2N2O3/c10-6-2-1-5(8(16)17)7(14-6)13-3-9(11,12)4-15/h1-2,15H,3-4H2,(H,13,14)(H,16,17). The van der Waals surface area contributed by atoms with E-state index in [4.69, 9.17) is 21.8 Å². The third-order valence-electron chi connectivity index (χ3n) is 1.84. The van der Waals surface area contributed by atoms with E-state index in [0.717, 1.165) is 6.07 Å². The van der Waals surface area contributed by atoms with Crippen LogP contribution in [0.2, 0.25) is 5.15 Å². The van der Waals surface area contributed by atoms with Crippen molar-refractivity contribution >= 4 is 23.4 Å². The fourth-order valence-corrected chi connectivity index (χ4v) is 1.16. The van der Waals surface area contributed by atoms with Gasteiger partial charge in [0.2, 0.25) is 0 Å². The van der Waals surface area contributed by atoms with Gasteiger partial charge in [0.25, 0.3) is 5.92 Å². The molecular formula is C9H9ClF2N2O3. The van der Waals surface area contributed by atoms with Crippen LogP contribution in [-0.4, -0.2) is 40.2 Å². The molecule has 0 atom stereocenters. The van der Waals surface area contributed by atoms with E-state index in [1.165, 1.54) is 6.07 Å². The number of carboxylic acids is 1. The highest BCUT2D eigenvalue weighted by Gasteiger charge is 2.28. The largest absolute Gasteiger partial charge is 0.478 e. The Labute approximate surface area is 100 Å². The number of aromatic nitrogens is 1. The molecule has 0 aromatic carbocycles. The van der Waals surface area contributed by atoms with Gasteiger partial charge in [-0.1, -0.05) is 11.6 Å². The van der Waals surface area contributed by atoms with Crippen LogP contribution in [0.3, 0.4) is 0 Å². The van der Waals surface area contributed by atoms with Gasteiger partial charge in [0, 0.05) is 0 Å². The quantitative estimate of drug-likeness (QED) is 0.703. The third kappa shape index (κ3) is 3.79. The summed E-state index contributed by atoms with van der Waals surface area (Å²) in [5, 5.41) is 19.3. The van der Waals surface area contributed by atoms with E-state index in [-0.39, 0.29) is 16.5 Å². The Morgan fingerprint density at radius 2 is 2.18 bits per heavy atom. The summed E-state index contributed by atoms with van der Waals surface area (Å²) in [5.74, 6) is -4.94. The lowest BCUT2D eigenvalue weighted by Crippen LogP contribution is -2.31. The average molecular weight is 267 g/mol. The fraction of sp³-hybridized carbons (Fsp3) is 0.333. The number of aromatic carboxylic acids is 1. The maximum absolute atomic E-state index is 12.8. The zero-order valence-electron chi connectivity index (χ0n) is 8.45. The van der Waals surface area contributed by atoms with Gasteiger partial charge >= 0.3 is 5.97 Å². The second kappa shape index (κ2) is 5.24. The van der Waals surface area contributed by atoms with E-state index in [0.29, 0.717) is 0 Å². The second-order valence-electron chi connectivity index (χ2n) is 3.20. The number of carbonyl (C=O) groups is 1. The number of anilines is 1. The number of aliphatic hydroxyl groups excluding tert-OH is 1. The molecule has 0 saturated heterocycles. The summed E-state index contributed by atoms with van der Waals surface area (Å²) in [6, 6.07) is 2.39. The Hall–Kier alpha value is -1.47. The Morgan fingerprint density at radius 3 is 2.71 bits per heavy atom. The summed E-state index contributed by atoms with van der Waals surface area (Å²) >= 11 is 5.52. The molecule has 0 aliphatic carbocycles. The van der Waals surface area contributed by atoms with Gasteiger partial charge in [-0.2, -0.15) is 0 Å². The van der Waals surface area contributed by atoms with Gasteiger partial charge in [-0.15, -0.1) is 0 Å². The SMILES string of the molecule is O=C(O)c1ccc(Cl)nc1NCC(F)(F)CO. The third-order valence-corrected chi connectivity index (χ3v) is 2.05. The minimum absolute atomic E-state index is 0.0233. The van der Waals surface area contributed by atoms with Crippen molar-refractivity contribution in [3.63, 3.8) is 0 Å². The first kappa shape index (κ1) is 13.6. The molecule has 0 amide bonds. The van der Waals surface area contributed by atoms with Gasteiger partial charge in [0.05, 0.1) is 6.54 Å². The van der Waals surface area contributed by atoms with Gasteiger partial charge in [-0.25, -0.2) is 18.6 Å². The highest BCUT2D eigenvalue weighted by atomic mass is 35.5. The van der Waals surface area contributed by atoms with Crippen molar-refractivity contribution in [2.75, 3.05) is 18.5 Å². The van der Waals surface area contributed by atoms with Crippen molar-refractivity contribution in [3.05, 3.63) is 22.8 Å². The predicted octanol–water partition coefficient (Wildman–Crippen LogP) is 1.47. The Kier molecular flexibility index (Phi) is 4.19. The highest BCUT2D eigenvalue weighted by Crippen LogP contribution is 2.19. The molecule has 0 unspecified atom stereocenters. The highest BCUT2D eigenvalue weighted by molar-refractivity contribution is 6.29. The zero-order valence-corrected chi connectivity index (χ0v) is 9.21. The summed E-state index contributed by atoms with van der Waals surface area (Å²) in [6.07, 6.45) is 0. The minimum atomic E-state index is -3.36. The lowest BCUT2D eigenvalue weighted by atomic mass is 10.2. The number of rotatable bonds is 5. The number of hydrogen-bond acceptors (Lipinski definition) is 4. The monoisotopic (exact) mass is 266 g/mol. The van der Waals surface area contributed by atoms with Crippen molar-refractivity contribution in [1.82, 2.24) is 4.98 Å². The van der Waals surface area contributed by atoms with Gasteiger partial charge < -0.3 is 15.5 Å². The lowest BCUT2D eigenvalue weighted by Gasteiger charge is -2.15. The predicted molar refractivity (Wildman–Crippen MR) is 56.7 cm³/mol. The van der Waals surface area contributed by atoms with Crippen molar-refractivity contribution in [1.29, 1.82) is 0 Å². The topological polar surface area (TPSA) is 82.5 Å². The molecule has 0 aliphatic heterocycles. The van der Waals surface area contributed by atoms with Gasteiger partial charge in [0.15, 0.2) is 0 Å². The van der Waals surface area contributed by atoms with Crippen molar-refractivity contribution in [2.24, 2.45) is 0 Å². The van der Waals surface area contributed by atoms with Crippen LogP contribution in [0.4, 0.5) is 14.6 Å². The molecule has 0 aliphatic rings. The van der Waals surface area contributed by atoms with Gasteiger partial charge in [0.1, 0.15) is 23.1 Å². The summed E-state index contributed by atoms with van der Waals surface area (Å²) in [5.41, 5.74) is -0.275. The number of halogens is 3. The summed E-state index contributed by atoms with van der Waals surface area (Å²) < 4.78 is 25.5. The second-order valence-corrected chi connectivity index (χ2v) is 3.59. The fourth-order valence-electron chi connectivity index (χ4n) is 1.01. The number of nitrogens with zero attached hydrogens (tertiary/aromatic N) is 1. The molecule has 0 bridgehead atoms. The van der Waals surface area contributed by atoms with Crippen molar-refractivity contribution in [3.8, 4) is 0 Å². The van der Waals surface area contributed by atoms with E-state index >= 15 is 0 Å². The number of alkyl halides is 2. The van der Waals surface area contributed by atoms with E-state index < -0.39 is 25.0 Å². The first-order valence-electron chi connectivity index (χ1n) is 4.48. The number of nitrogens with one attached hydrogen (secondary N) is 1. The van der Waals surface area contributed by atoms with Gasteiger partial charge in [-0.05, 0) is 12.1 Å². The van der Waals surface area contributed by atoms with Crippen LogP contribution in [0.25, 0.3) is 0 Å². The van der Waals surface area contributed by atoms with E-state index in [9.17, 15) is 13.6 Å². The Morgan fingerprint density at radius 1 is 1.53 bits per heavy atom. The minimum Gasteiger partial charge on any atom is -0.478 e. The summed E-state index contributed by atoms with van der Waals surface area (Å²) in [7, 11) is 0. The Bertz CT molecular complexity index is 429. The molecule has 0 spiro atoms. The van der Waals surface area contributed by atoms with E-state index in [2.05, 4.69) is 10.3 Å². The summed E-state index contributed by atoms with van der Waals surface area (Å²) in [6.45, 7) is -2.28. The maximum Gasteiger partial charge on any atom is 0.339 e. The van der Waals surface area contributed by atoms with Crippen LogP contribution in [0.15, 0.2) is 12.1 Å². The maximum atomic E-state index is 12.8. The molecule has 8 heteroatoms. The smallest absolute Gasteiger partial charge is 0.339 e. The molecular weight excluding hydrogens is 258 g/mol. The molecule has 1 aromatic heterocycles. The molecule has 3 N–H and O–H groups in total. The Balaban J connectivity index is 2.89. The van der Waals surface area contributed by atoms with Crippen LogP contribution in [0.5, 0.6) is 0 Å². The molecule has 1 aromatic rings. The molecule has 0 fully saturated rings. The molecule has 17 heavy (non-hydrogen) atoms. The summed E-state index contributed by atoms with van der Waals surface area (Å²) in [4.78, 5) is 14.4. The normalized spacial score (nSPS) is 11.3. The van der Waals surface area contributed by atoms with Crippen molar-refractivity contribution < 1.29 is 23.8 Å². The number of aliphatic hydroxyl groups is 1. The molecule has 0 radical (unpaired) electrons.